The topological polar surface area (TPSA) is 82.4 Å². The summed E-state index contributed by atoms with van der Waals surface area (Å²) in [4.78, 5) is 30.3. The SMILES string of the molecule is C=CCOc1c(OC)cccc1[C@@H]1CC(=O)Nc2c1c(=O)nc(SCc1ccc(Cl)cc1)n2C. The molecule has 0 bridgehead atoms. The summed E-state index contributed by atoms with van der Waals surface area (Å²) >= 11 is 7.38. The number of ether oxygens (including phenoxy) is 2. The lowest BCUT2D eigenvalue weighted by atomic mass is 9.86. The molecular weight excluding hydrogens is 474 g/mol. The van der Waals surface area contributed by atoms with Crippen LogP contribution in [0, 0.1) is 0 Å². The lowest BCUT2D eigenvalue weighted by Gasteiger charge is -2.29. The number of benzene rings is 2. The van der Waals surface area contributed by atoms with E-state index in [0.29, 0.717) is 44.4 Å². The first-order valence-corrected chi connectivity index (χ1v) is 12.0. The second-order valence-corrected chi connectivity index (χ2v) is 9.10. The van der Waals surface area contributed by atoms with Gasteiger partial charge in [0, 0.05) is 35.7 Å². The van der Waals surface area contributed by atoms with Crippen LogP contribution in [-0.4, -0.2) is 29.2 Å². The first-order chi connectivity index (χ1) is 16.4. The number of carbonyl (C=O) groups is 1. The molecule has 0 spiro atoms. The minimum atomic E-state index is -0.528. The maximum atomic E-state index is 13.3. The molecule has 0 fully saturated rings. The van der Waals surface area contributed by atoms with E-state index in [9.17, 15) is 9.59 Å². The van der Waals surface area contributed by atoms with Crippen LogP contribution < -0.4 is 20.3 Å². The Labute approximate surface area is 206 Å². The third-order valence-corrected chi connectivity index (χ3v) is 6.89. The quantitative estimate of drug-likeness (QED) is 0.274. The normalized spacial score (nSPS) is 14.8. The molecule has 0 unspecified atom stereocenters. The van der Waals surface area contributed by atoms with E-state index >= 15 is 0 Å². The van der Waals surface area contributed by atoms with Crippen LogP contribution in [0.1, 0.15) is 29.0 Å². The van der Waals surface area contributed by atoms with Gasteiger partial charge in [-0.25, -0.2) is 0 Å². The molecule has 4 rings (SSSR count). The Morgan fingerprint density at radius 1 is 1.26 bits per heavy atom. The van der Waals surface area contributed by atoms with Gasteiger partial charge in [0.1, 0.15) is 12.4 Å². The van der Waals surface area contributed by atoms with Crippen molar-refractivity contribution in [2.75, 3.05) is 19.0 Å². The van der Waals surface area contributed by atoms with Crippen molar-refractivity contribution in [1.29, 1.82) is 0 Å². The number of nitrogens with one attached hydrogen (secondary N) is 1. The molecule has 1 aromatic heterocycles. The van der Waals surface area contributed by atoms with E-state index in [1.54, 1.807) is 30.9 Å². The minimum absolute atomic E-state index is 0.0960. The molecule has 1 aliphatic rings. The van der Waals surface area contributed by atoms with E-state index in [0.717, 1.165) is 5.56 Å². The number of methoxy groups -OCH3 is 1. The summed E-state index contributed by atoms with van der Waals surface area (Å²) in [7, 11) is 3.34. The monoisotopic (exact) mass is 497 g/mol. The molecule has 1 atom stereocenters. The highest BCUT2D eigenvalue weighted by atomic mass is 35.5. The van der Waals surface area contributed by atoms with Gasteiger partial charge >= 0.3 is 0 Å². The van der Waals surface area contributed by atoms with Gasteiger partial charge in [-0.3, -0.25) is 9.59 Å². The number of amides is 1. The fourth-order valence-corrected chi connectivity index (χ4v) is 4.97. The van der Waals surface area contributed by atoms with Crippen LogP contribution in [0.15, 0.2) is 65.1 Å². The third-order valence-electron chi connectivity index (χ3n) is 5.53. The lowest BCUT2D eigenvalue weighted by molar-refractivity contribution is -0.116. The van der Waals surface area contributed by atoms with Crippen molar-refractivity contribution < 1.29 is 14.3 Å². The maximum Gasteiger partial charge on any atom is 0.279 e. The number of halogens is 1. The smallest absolute Gasteiger partial charge is 0.279 e. The van der Waals surface area contributed by atoms with Crippen LogP contribution in [0.2, 0.25) is 5.02 Å². The molecule has 34 heavy (non-hydrogen) atoms. The van der Waals surface area contributed by atoms with Crippen LogP contribution in [0.3, 0.4) is 0 Å². The number of fused-ring (bicyclic) bond motifs is 1. The van der Waals surface area contributed by atoms with Crippen LogP contribution in [0.4, 0.5) is 5.82 Å². The zero-order chi connectivity index (χ0) is 24.2. The van der Waals surface area contributed by atoms with Gasteiger partial charge in [-0.1, -0.05) is 60.3 Å². The molecular formula is C25H24ClN3O4S. The summed E-state index contributed by atoms with van der Waals surface area (Å²) in [6.07, 6.45) is 1.72. The number of aromatic nitrogens is 2. The number of hydrogen-bond donors (Lipinski definition) is 1. The minimum Gasteiger partial charge on any atom is -0.493 e. The van der Waals surface area contributed by atoms with Gasteiger partial charge in [-0.05, 0) is 23.8 Å². The Morgan fingerprint density at radius 3 is 2.74 bits per heavy atom. The summed E-state index contributed by atoms with van der Waals surface area (Å²) in [5.74, 6) is 1.33. The van der Waals surface area contributed by atoms with Crippen molar-refractivity contribution in [3.63, 3.8) is 0 Å². The summed E-state index contributed by atoms with van der Waals surface area (Å²) in [6.45, 7) is 3.96. The number of rotatable bonds is 8. The van der Waals surface area contributed by atoms with Crippen LogP contribution in [-0.2, 0) is 17.6 Å². The predicted octanol–water partition coefficient (Wildman–Crippen LogP) is 4.77. The molecule has 9 heteroatoms. The van der Waals surface area contributed by atoms with Gasteiger partial charge < -0.3 is 19.4 Å². The van der Waals surface area contributed by atoms with Crippen molar-refractivity contribution in [2.24, 2.45) is 7.05 Å². The first-order valence-electron chi connectivity index (χ1n) is 10.6. The molecule has 0 saturated heterocycles. The van der Waals surface area contributed by atoms with Crippen LogP contribution in [0.5, 0.6) is 11.5 Å². The molecule has 1 N–H and O–H groups in total. The third kappa shape index (κ3) is 4.83. The average molecular weight is 498 g/mol. The van der Waals surface area contributed by atoms with Gasteiger partial charge in [-0.2, -0.15) is 4.98 Å². The highest BCUT2D eigenvalue weighted by molar-refractivity contribution is 7.98. The fraction of sp³-hybridized carbons (Fsp3) is 0.240. The van der Waals surface area contributed by atoms with Gasteiger partial charge in [0.15, 0.2) is 16.7 Å². The van der Waals surface area contributed by atoms with E-state index in [-0.39, 0.29) is 24.5 Å². The second-order valence-electron chi connectivity index (χ2n) is 7.72. The van der Waals surface area contributed by atoms with Gasteiger partial charge in [-0.15, -0.1) is 0 Å². The molecule has 2 aromatic carbocycles. The zero-order valence-electron chi connectivity index (χ0n) is 18.8. The van der Waals surface area contributed by atoms with Gasteiger partial charge in [0.2, 0.25) is 5.91 Å². The lowest BCUT2D eigenvalue weighted by Crippen LogP contribution is -2.33. The largest absolute Gasteiger partial charge is 0.493 e. The number of anilines is 1. The summed E-state index contributed by atoms with van der Waals surface area (Å²) in [5, 5.41) is 4.04. The Hall–Kier alpha value is -3.23. The number of hydrogen-bond acceptors (Lipinski definition) is 6. The maximum absolute atomic E-state index is 13.3. The van der Waals surface area contributed by atoms with E-state index < -0.39 is 5.92 Å². The molecule has 7 nitrogen and oxygen atoms in total. The second kappa shape index (κ2) is 10.4. The standard InChI is InChI=1S/C25H24ClN3O4S/c1-4-12-33-22-17(6-5-7-19(22)32-3)18-13-20(30)27-23-21(18)24(31)28-25(29(23)2)34-14-15-8-10-16(26)11-9-15/h4-11,18H,1,12-14H2,2-3H3,(H,27,30)/t18-/m0/s1. The van der Waals surface area contributed by atoms with Crippen molar-refractivity contribution in [3.8, 4) is 11.5 Å². The van der Waals surface area contributed by atoms with Crippen LogP contribution >= 0.6 is 23.4 Å². The first kappa shape index (κ1) is 23.9. The Bertz CT molecular complexity index is 1290. The van der Waals surface area contributed by atoms with Gasteiger partial charge in [0.25, 0.3) is 5.56 Å². The molecule has 0 saturated carbocycles. The van der Waals surface area contributed by atoms with E-state index in [1.165, 1.54) is 11.8 Å². The molecule has 176 valence electrons. The Balaban J connectivity index is 1.75. The molecule has 2 heterocycles. The highest BCUT2D eigenvalue weighted by Crippen LogP contribution is 2.43. The summed E-state index contributed by atoms with van der Waals surface area (Å²) < 4.78 is 13.1. The summed E-state index contributed by atoms with van der Waals surface area (Å²) in [5.41, 5.74) is 1.78. The zero-order valence-corrected chi connectivity index (χ0v) is 20.4. The van der Waals surface area contributed by atoms with Crippen molar-refractivity contribution in [1.82, 2.24) is 9.55 Å². The van der Waals surface area contributed by atoms with E-state index in [4.69, 9.17) is 21.1 Å². The van der Waals surface area contributed by atoms with Crippen LogP contribution in [0.25, 0.3) is 0 Å². The fourth-order valence-electron chi connectivity index (χ4n) is 3.92. The Kier molecular flexibility index (Phi) is 7.29. The van der Waals surface area contributed by atoms with Crippen molar-refractivity contribution >= 4 is 35.1 Å². The van der Waals surface area contributed by atoms with Gasteiger partial charge in [0.05, 0.1) is 12.7 Å². The molecule has 1 aliphatic heterocycles. The molecule has 0 aliphatic carbocycles. The summed E-state index contributed by atoms with van der Waals surface area (Å²) in [6, 6.07) is 12.9. The van der Waals surface area contributed by atoms with Crippen molar-refractivity contribution in [2.45, 2.75) is 23.2 Å². The number of para-hydroxylation sites is 1. The Morgan fingerprint density at radius 2 is 2.03 bits per heavy atom. The highest BCUT2D eigenvalue weighted by Gasteiger charge is 2.34. The van der Waals surface area contributed by atoms with E-state index in [2.05, 4.69) is 16.9 Å². The van der Waals surface area contributed by atoms with E-state index in [1.807, 2.05) is 36.4 Å². The average Bonchev–Trinajstić information content (AvgIpc) is 2.84. The number of nitrogens with zero attached hydrogens (tertiary/aromatic N) is 2. The molecule has 1 amide bonds. The molecule has 3 aromatic rings. The number of carbonyl (C=O) groups excluding carboxylic acids is 1. The molecule has 0 radical (unpaired) electrons. The number of thioether (sulfide) groups is 1. The van der Waals surface area contributed by atoms with Crippen molar-refractivity contribution in [3.05, 3.63) is 87.2 Å². The predicted molar refractivity (Wildman–Crippen MR) is 134 cm³/mol.